The fourth-order valence-electron chi connectivity index (χ4n) is 5.57. The largest absolute Gasteiger partial charge is 0.504 e. The monoisotopic (exact) mass is 650 g/mol. The van der Waals surface area contributed by atoms with Crippen molar-refractivity contribution < 1.29 is 31.1 Å². The number of ether oxygens (including phenoxy) is 2. The van der Waals surface area contributed by atoms with Gasteiger partial charge >= 0.3 is 4.38 Å². The van der Waals surface area contributed by atoms with Crippen LogP contribution in [0.1, 0.15) is 76.3 Å². The Kier molecular flexibility index (Phi) is 11.4. The molecule has 4 aromatic rings. The molecule has 0 saturated heterocycles. The number of hydrogen-bond donors (Lipinski definition) is 0. The van der Waals surface area contributed by atoms with Crippen molar-refractivity contribution in [3.63, 3.8) is 0 Å². The van der Waals surface area contributed by atoms with Gasteiger partial charge < -0.3 is 15.0 Å². The van der Waals surface area contributed by atoms with E-state index in [1.54, 1.807) is 62.4 Å². The summed E-state index contributed by atoms with van der Waals surface area (Å²) in [4.78, 5) is 2.38. The van der Waals surface area contributed by atoms with Gasteiger partial charge in [0.05, 0.1) is 23.0 Å². The lowest BCUT2D eigenvalue weighted by atomic mass is 10.1. The fourth-order valence-corrected chi connectivity index (χ4v) is 9.45. The van der Waals surface area contributed by atoms with Crippen molar-refractivity contribution >= 4 is 45.6 Å². The van der Waals surface area contributed by atoms with Gasteiger partial charge in [-0.1, -0.05) is 101 Å². The van der Waals surface area contributed by atoms with Crippen LogP contribution in [-0.4, -0.2) is 39.2 Å². The summed E-state index contributed by atoms with van der Waals surface area (Å²) in [6.07, 6.45) is 8.15. The molecule has 0 aromatic heterocycles. The highest BCUT2D eigenvalue weighted by Crippen LogP contribution is 2.39. The Bertz CT molecular complexity index is 1810. The summed E-state index contributed by atoms with van der Waals surface area (Å²) in [7, 11) is -9.69. The molecular weight excluding hydrogens is 609 g/mol. The van der Waals surface area contributed by atoms with Crippen LogP contribution < -0.4 is 9.47 Å². The summed E-state index contributed by atoms with van der Waals surface area (Å²) in [5.74, 6) is 1.08. The summed E-state index contributed by atoms with van der Waals surface area (Å²) in [5, 5.41) is 1.61. The van der Waals surface area contributed by atoms with E-state index in [1.807, 2.05) is 0 Å². The smallest absolute Gasteiger partial charge is 0.493 e. The van der Waals surface area contributed by atoms with E-state index in [1.165, 1.54) is 12.1 Å². The lowest BCUT2D eigenvalue weighted by Crippen LogP contribution is -2.27. The Morgan fingerprint density at radius 1 is 0.622 bits per heavy atom. The van der Waals surface area contributed by atoms with E-state index >= 15 is 0 Å². The minimum Gasteiger partial charge on any atom is -0.493 e. The first kappa shape index (κ1) is 34.2. The Labute approximate surface area is 266 Å². The molecule has 0 radical (unpaired) electrons. The molecular formula is C35H42N2O6S2. The molecule has 0 aliphatic carbocycles. The van der Waals surface area contributed by atoms with Crippen molar-refractivity contribution in [2.45, 2.75) is 88.9 Å². The Balaban J connectivity index is 1.79. The van der Waals surface area contributed by atoms with Crippen molar-refractivity contribution in [2.75, 3.05) is 13.2 Å². The van der Waals surface area contributed by atoms with Gasteiger partial charge in [-0.25, -0.2) is 16.8 Å². The highest BCUT2D eigenvalue weighted by Gasteiger charge is 2.46. The van der Waals surface area contributed by atoms with Crippen LogP contribution in [0.3, 0.4) is 0 Å². The van der Waals surface area contributed by atoms with Crippen LogP contribution in [0.5, 0.6) is 11.5 Å². The first-order valence-corrected chi connectivity index (χ1v) is 18.6. The summed E-state index contributed by atoms with van der Waals surface area (Å²) >= 11 is 0. The molecule has 0 fully saturated rings. The maximum Gasteiger partial charge on any atom is 0.504 e. The van der Waals surface area contributed by atoms with E-state index in [9.17, 15) is 22.4 Å². The molecule has 4 rings (SSSR count). The maximum atomic E-state index is 14.2. The average Bonchev–Trinajstić information content (AvgIpc) is 3.02. The third-order valence-corrected chi connectivity index (χ3v) is 12.1. The zero-order chi connectivity index (χ0) is 32.6. The van der Waals surface area contributed by atoms with Crippen molar-refractivity contribution in [1.29, 1.82) is 0 Å². The average molecular weight is 651 g/mol. The van der Waals surface area contributed by atoms with Gasteiger partial charge in [-0.3, -0.25) is 0 Å². The molecule has 0 aliphatic heterocycles. The Morgan fingerprint density at radius 3 is 1.36 bits per heavy atom. The predicted octanol–water partition coefficient (Wildman–Crippen LogP) is 8.36. The molecule has 0 atom stereocenters. The van der Waals surface area contributed by atoms with Gasteiger partial charge in [0, 0.05) is 21.5 Å². The zero-order valence-corrected chi connectivity index (χ0v) is 28.1. The molecule has 0 N–H and O–H groups in total. The quantitative estimate of drug-likeness (QED) is 0.0444. The number of sulfone groups is 2. The number of benzene rings is 4. The predicted molar refractivity (Wildman–Crippen MR) is 180 cm³/mol. The molecule has 240 valence electrons. The van der Waals surface area contributed by atoms with Crippen LogP contribution in [-0.2, 0) is 19.7 Å². The second kappa shape index (κ2) is 15.0. The van der Waals surface area contributed by atoms with Gasteiger partial charge in [0.25, 0.3) is 19.7 Å². The van der Waals surface area contributed by atoms with Crippen LogP contribution in [0.2, 0.25) is 0 Å². The first-order valence-electron chi connectivity index (χ1n) is 15.6. The SMILES string of the molecule is CCCCCCOc1c(C)cc(S(=O)(=O)C(=[N+]=[N-])S(=O)(=O)c2cc(C)c(OCCCCCC)c3ccccc23)c2ccccc12. The summed E-state index contributed by atoms with van der Waals surface area (Å²) in [6.45, 7) is 8.64. The highest BCUT2D eigenvalue weighted by atomic mass is 32.3. The second-order valence-electron chi connectivity index (χ2n) is 11.3. The standard InChI is InChI=1S/C35H42N2O6S2/c1-5-7-9-15-21-42-33-25(3)23-31(27-17-11-13-19-29(27)33)44(38,39)35(37-36)45(40,41)32-24-26(4)34(43-22-16-10-8-6-2)30-20-14-12-18-28(30)32/h11-14,17-20,23-24H,5-10,15-16,21-22H2,1-4H3. The molecule has 8 nitrogen and oxygen atoms in total. The van der Waals surface area contributed by atoms with Crippen LogP contribution in [0.4, 0.5) is 0 Å². The van der Waals surface area contributed by atoms with Crippen molar-refractivity contribution in [3.05, 3.63) is 77.3 Å². The summed E-state index contributed by atoms with van der Waals surface area (Å²) < 4.78 is 67.6. The van der Waals surface area contributed by atoms with E-state index < -0.39 is 24.1 Å². The molecule has 0 amide bonds. The maximum absolute atomic E-state index is 14.2. The number of aryl methyl sites for hydroxylation is 2. The Hall–Kier alpha value is -3.72. The van der Waals surface area contributed by atoms with E-state index in [0.29, 0.717) is 46.6 Å². The number of nitrogens with zero attached hydrogens (tertiary/aromatic N) is 2. The minimum atomic E-state index is -4.84. The highest BCUT2D eigenvalue weighted by molar-refractivity contribution is 8.31. The number of rotatable bonds is 14. The lowest BCUT2D eigenvalue weighted by Gasteiger charge is -2.16. The van der Waals surface area contributed by atoms with Gasteiger partial charge in [-0.15, -0.1) is 4.79 Å². The summed E-state index contributed by atoms with van der Waals surface area (Å²) in [6, 6.07) is 16.3. The normalized spacial score (nSPS) is 11.9. The van der Waals surface area contributed by atoms with Gasteiger partial charge in [-0.05, 0) is 49.9 Å². The second-order valence-corrected chi connectivity index (χ2v) is 15.2. The van der Waals surface area contributed by atoms with E-state index in [-0.39, 0.29) is 20.6 Å². The third-order valence-electron chi connectivity index (χ3n) is 7.89. The molecule has 4 aromatic carbocycles. The van der Waals surface area contributed by atoms with E-state index in [0.717, 1.165) is 51.4 Å². The molecule has 0 aliphatic rings. The van der Waals surface area contributed by atoms with Gasteiger partial charge in [0.2, 0.25) is 0 Å². The molecule has 0 spiro atoms. The Morgan fingerprint density at radius 2 is 1.00 bits per heavy atom. The van der Waals surface area contributed by atoms with Crippen LogP contribution >= 0.6 is 0 Å². The van der Waals surface area contributed by atoms with Crippen LogP contribution in [0.15, 0.2) is 70.5 Å². The number of hydrogen-bond acceptors (Lipinski definition) is 6. The van der Waals surface area contributed by atoms with Crippen molar-refractivity contribution in [3.8, 4) is 11.5 Å². The van der Waals surface area contributed by atoms with Crippen LogP contribution in [0.25, 0.3) is 27.1 Å². The lowest BCUT2D eigenvalue weighted by molar-refractivity contribution is 0.00381. The molecule has 0 heterocycles. The number of fused-ring (bicyclic) bond motifs is 2. The molecule has 0 saturated carbocycles. The molecule has 0 bridgehead atoms. The third kappa shape index (κ3) is 7.24. The first-order chi connectivity index (χ1) is 21.6. The fraction of sp³-hybridized carbons (Fsp3) is 0.400. The summed E-state index contributed by atoms with van der Waals surface area (Å²) in [5.41, 5.74) is 11.1. The zero-order valence-electron chi connectivity index (χ0n) is 26.5. The van der Waals surface area contributed by atoms with E-state index in [4.69, 9.17) is 9.47 Å². The number of unbranched alkanes of at least 4 members (excludes halogenated alkanes) is 6. The van der Waals surface area contributed by atoms with Gasteiger partial charge in [0.15, 0.2) is 0 Å². The van der Waals surface area contributed by atoms with Crippen LogP contribution in [0, 0.1) is 13.8 Å². The molecule has 0 unspecified atom stereocenters. The van der Waals surface area contributed by atoms with Crippen molar-refractivity contribution in [1.82, 2.24) is 0 Å². The minimum absolute atomic E-state index is 0.274. The van der Waals surface area contributed by atoms with Gasteiger partial charge in [-0.2, -0.15) is 0 Å². The topological polar surface area (TPSA) is 123 Å². The molecule has 45 heavy (non-hydrogen) atoms. The van der Waals surface area contributed by atoms with E-state index in [2.05, 4.69) is 18.6 Å². The van der Waals surface area contributed by atoms with Crippen molar-refractivity contribution in [2.24, 2.45) is 0 Å². The molecule has 10 heteroatoms. The van der Waals surface area contributed by atoms with Gasteiger partial charge in [0.1, 0.15) is 11.5 Å².